The molecule has 0 saturated carbocycles. The molecule has 16 heavy (non-hydrogen) atoms. The summed E-state index contributed by atoms with van der Waals surface area (Å²) in [5.41, 5.74) is 8.09. The van der Waals surface area contributed by atoms with Crippen LogP contribution < -0.4 is 11.1 Å². The van der Waals surface area contributed by atoms with Gasteiger partial charge in [0.1, 0.15) is 6.10 Å². The summed E-state index contributed by atoms with van der Waals surface area (Å²) >= 11 is 0. The van der Waals surface area contributed by atoms with Crippen LogP contribution in [0.1, 0.15) is 18.4 Å². The number of carbonyl (C=O) groups excluding carboxylic acids is 1. The second-order valence-corrected chi connectivity index (χ2v) is 4.07. The Balaban J connectivity index is 2.07. The number of ether oxygens (including phenoxy) is 1. The lowest BCUT2D eigenvalue weighted by molar-refractivity contribution is -0.124. The first-order chi connectivity index (χ1) is 7.66. The molecule has 0 bridgehead atoms. The predicted octanol–water partition coefficient (Wildman–Crippen LogP) is 1.69. The highest BCUT2D eigenvalue weighted by Gasteiger charge is 2.23. The SMILES string of the molecule is Cc1ccc(N)cc1NC(=O)[C@H]1CCCO1. The van der Waals surface area contributed by atoms with Crippen molar-refractivity contribution in [1.29, 1.82) is 0 Å². The minimum absolute atomic E-state index is 0.0776. The van der Waals surface area contributed by atoms with Crippen molar-refractivity contribution in [3.63, 3.8) is 0 Å². The lowest BCUT2D eigenvalue weighted by Gasteiger charge is -2.12. The lowest BCUT2D eigenvalue weighted by Crippen LogP contribution is -2.27. The predicted molar refractivity (Wildman–Crippen MR) is 63.2 cm³/mol. The van der Waals surface area contributed by atoms with E-state index < -0.39 is 0 Å². The number of nitrogens with one attached hydrogen (secondary N) is 1. The van der Waals surface area contributed by atoms with Gasteiger partial charge in [0.25, 0.3) is 5.91 Å². The van der Waals surface area contributed by atoms with Crippen molar-refractivity contribution in [2.45, 2.75) is 25.9 Å². The highest BCUT2D eigenvalue weighted by Crippen LogP contribution is 2.20. The van der Waals surface area contributed by atoms with E-state index in [1.165, 1.54) is 0 Å². The van der Waals surface area contributed by atoms with Crippen LogP contribution in [0.15, 0.2) is 18.2 Å². The molecule has 1 atom stereocenters. The maximum absolute atomic E-state index is 11.8. The molecule has 1 aliphatic heterocycles. The van der Waals surface area contributed by atoms with E-state index in [2.05, 4.69) is 5.32 Å². The minimum atomic E-state index is -0.305. The highest BCUT2D eigenvalue weighted by atomic mass is 16.5. The van der Waals surface area contributed by atoms with Crippen molar-refractivity contribution >= 4 is 17.3 Å². The Morgan fingerprint density at radius 3 is 3.06 bits per heavy atom. The third-order valence-corrected chi connectivity index (χ3v) is 2.74. The van der Waals surface area contributed by atoms with E-state index >= 15 is 0 Å². The molecule has 1 saturated heterocycles. The second kappa shape index (κ2) is 4.53. The molecule has 4 heteroatoms. The summed E-state index contributed by atoms with van der Waals surface area (Å²) in [4.78, 5) is 11.8. The molecule has 0 aromatic heterocycles. The van der Waals surface area contributed by atoms with E-state index in [0.29, 0.717) is 12.3 Å². The summed E-state index contributed by atoms with van der Waals surface area (Å²) < 4.78 is 5.31. The first-order valence-electron chi connectivity index (χ1n) is 5.45. The first kappa shape index (κ1) is 11.0. The van der Waals surface area contributed by atoms with Crippen LogP contribution >= 0.6 is 0 Å². The summed E-state index contributed by atoms with van der Waals surface area (Å²) in [6.07, 6.45) is 1.45. The third kappa shape index (κ3) is 2.33. The third-order valence-electron chi connectivity index (χ3n) is 2.74. The van der Waals surface area contributed by atoms with Crippen LogP contribution in [0.3, 0.4) is 0 Å². The number of benzene rings is 1. The molecule has 0 spiro atoms. The molecule has 1 fully saturated rings. The summed E-state index contributed by atoms with van der Waals surface area (Å²) in [5.74, 6) is -0.0776. The fraction of sp³-hybridized carbons (Fsp3) is 0.417. The van der Waals surface area contributed by atoms with Crippen molar-refractivity contribution in [2.24, 2.45) is 0 Å². The Labute approximate surface area is 94.8 Å². The number of nitrogen functional groups attached to an aromatic ring is 1. The van der Waals surface area contributed by atoms with Crippen LogP contribution in [0.4, 0.5) is 11.4 Å². The van der Waals surface area contributed by atoms with Crippen LogP contribution in [0, 0.1) is 6.92 Å². The molecule has 1 aliphatic rings. The van der Waals surface area contributed by atoms with Gasteiger partial charge in [-0.05, 0) is 37.5 Å². The molecule has 1 aromatic carbocycles. The van der Waals surface area contributed by atoms with Crippen molar-refractivity contribution < 1.29 is 9.53 Å². The van der Waals surface area contributed by atoms with Crippen molar-refractivity contribution in [1.82, 2.24) is 0 Å². The Morgan fingerprint density at radius 2 is 2.38 bits per heavy atom. The number of aryl methyl sites for hydroxylation is 1. The summed E-state index contributed by atoms with van der Waals surface area (Å²) in [6, 6.07) is 5.47. The molecule has 4 nitrogen and oxygen atoms in total. The molecule has 0 radical (unpaired) electrons. The molecule has 1 aromatic rings. The zero-order valence-corrected chi connectivity index (χ0v) is 9.32. The molecule has 1 heterocycles. The summed E-state index contributed by atoms with van der Waals surface area (Å²) in [5, 5.41) is 2.85. The summed E-state index contributed by atoms with van der Waals surface area (Å²) in [7, 11) is 0. The van der Waals surface area contributed by atoms with Gasteiger partial charge < -0.3 is 15.8 Å². The summed E-state index contributed by atoms with van der Waals surface area (Å²) in [6.45, 7) is 2.61. The van der Waals surface area contributed by atoms with Crippen LogP contribution in [0.25, 0.3) is 0 Å². The Morgan fingerprint density at radius 1 is 1.56 bits per heavy atom. The normalized spacial score (nSPS) is 19.7. The van der Waals surface area contributed by atoms with Crippen LogP contribution in [-0.4, -0.2) is 18.6 Å². The van der Waals surface area contributed by atoms with Crippen molar-refractivity contribution in [3.8, 4) is 0 Å². The Kier molecular flexibility index (Phi) is 3.10. The Hall–Kier alpha value is -1.55. The van der Waals surface area contributed by atoms with Gasteiger partial charge in [-0.2, -0.15) is 0 Å². The molecule has 2 rings (SSSR count). The molecular weight excluding hydrogens is 204 g/mol. The highest BCUT2D eigenvalue weighted by molar-refractivity contribution is 5.95. The number of hydrogen-bond acceptors (Lipinski definition) is 3. The monoisotopic (exact) mass is 220 g/mol. The molecule has 3 N–H and O–H groups in total. The molecule has 0 aliphatic carbocycles. The maximum Gasteiger partial charge on any atom is 0.253 e. The van der Waals surface area contributed by atoms with Gasteiger partial charge in [0.15, 0.2) is 0 Å². The van der Waals surface area contributed by atoms with Gasteiger partial charge in [-0.15, -0.1) is 0 Å². The van der Waals surface area contributed by atoms with Crippen molar-refractivity contribution in [3.05, 3.63) is 23.8 Å². The average Bonchev–Trinajstić information content (AvgIpc) is 2.76. The zero-order chi connectivity index (χ0) is 11.5. The topological polar surface area (TPSA) is 64.3 Å². The van der Waals surface area contributed by atoms with E-state index in [-0.39, 0.29) is 12.0 Å². The lowest BCUT2D eigenvalue weighted by atomic mass is 10.1. The molecule has 1 amide bonds. The fourth-order valence-electron chi connectivity index (χ4n) is 1.77. The smallest absolute Gasteiger partial charge is 0.253 e. The molecule has 0 unspecified atom stereocenters. The number of hydrogen-bond donors (Lipinski definition) is 2. The van der Waals surface area contributed by atoms with Crippen LogP contribution in [-0.2, 0) is 9.53 Å². The van der Waals surface area contributed by atoms with E-state index in [1.807, 2.05) is 19.1 Å². The van der Waals surface area contributed by atoms with Gasteiger partial charge in [-0.1, -0.05) is 6.07 Å². The van der Waals surface area contributed by atoms with E-state index in [0.717, 1.165) is 24.1 Å². The van der Waals surface area contributed by atoms with E-state index in [4.69, 9.17) is 10.5 Å². The van der Waals surface area contributed by atoms with Crippen molar-refractivity contribution in [2.75, 3.05) is 17.7 Å². The van der Waals surface area contributed by atoms with Gasteiger partial charge in [-0.25, -0.2) is 0 Å². The molecular formula is C12H16N2O2. The van der Waals surface area contributed by atoms with Gasteiger partial charge in [0.05, 0.1) is 0 Å². The zero-order valence-electron chi connectivity index (χ0n) is 9.32. The standard InChI is InChI=1S/C12H16N2O2/c1-8-4-5-9(13)7-10(8)14-12(15)11-3-2-6-16-11/h4-5,7,11H,2-3,6,13H2,1H3,(H,14,15)/t11-/m1/s1. The quantitative estimate of drug-likeness (QED) is 0.745. The van der Waals surface area contributed by atoms with Crippen LogP contribution in [0.5, 0.6) is 0 Å². The van der Waals surface area contributed by atoms with Crippen LogP contribution in [0.2, 0.25) is 0 Å². The number of anilines is 2. The number of rotatable bonds is 2. The van der Waals surface area contributed by atoms with Gasteiger partial charge in [0.2, 0.25) is 0 Å². The number of nitrogens with two attached hydrogens (primary N) is 1. The van der Waals surface area contributed by atoms with E-state index in [1.54, 1.807) is 6.07 Å². The fourth-order valence-corrected chi connectivity index (χ4v) is 1.77. The average molecular weight is 220 g/mol. The van der Waals surface area contributed by atoms with Gasteiger partial charge >= 0.3 is 0 Å². The molecule has 86 valence electrons. The van der Waals surface area contributed by atoms with Gasteiger partial charge in [-0.3, -0.25) is 4.79 Å². The second-order valence-electron chi connectivity index (χ2n) is 4.07. The number of carbonyl (C=O) groups is 1. The largest absolute Gasteiger partial charge is 0.399 e. The maximum atomic E-state index is 11.8. The Bertz CT molecular complexity index is 398. The first-order valence-corrected chi connectivity index (χ1v) is 5.45. The van der Waals surface area contributed by atoms with E-state index in [9.17, 15) is 4.79 Å². The minimum Gasteiger partial charge on any atom is -0.399 e. The number of amides is 1. The van der Waals surface area contributed by atoms with Gasteiger partial charge in [0, 0.05) is 18.0 Å².